The lowest BCUT2D eigenvalue weighted by molar-refractivity contribution is -0.164. The number of rotatable bonds is 4. The van der Waals surface area contributed by atoms with E-state index in [4.69, 9.17) is 9.25 Å². The van der Waals surface area contributed by atoms with Crippen LogP contribution in [0.25, 0.3) is 11.0 Å². The van der Waals surface area contributed by atoms with Crippen molar-refractivity contribution in [3.05, 3.63) is 48.0 Å². The van der Waals surface area contributed by atoms with Crippen molar-refractivity contribution in [1.29, 1.82) is 0 Å². The van der Waals surface area contributed by atoms with Gasteiger partial charge in [0, 0.05) is 17.5 Å². The summed E-state index contributed by atoms with van der Waals surface area (Å²) in [6.07, 6.45) is 3.26. The van der Waals surface area contributed by atoms with Gasteiger partial charge in [-0.25, -0.2) is 14.0 Å². The van der Waals surface area contributed by atoms with Crippen LogP contribution in [0.5, 0.6) is 0 Å². The number of furan rings is 1. The minimum absolute atomic E-state index is 0.250. The maximum Gasteiger partial charge on any atom is 0.356 e. The third-order valence-electron chi connectivity index (χ3n) is 3.32. The lowest BCUT2D eigenvalue weighted by Gasteiger charge is -2.13. The Morgan fingerprint density at radius 3 is 2.92 bits per heavy atom. The minimum atomic E-state index is -0.737. The maximum atomic E-state index is 13.2. The number of ether oxygens (including phenoxy) is 1. The quantitative estimate of drug-likeness (QED) is 0.630. The Morgan fingerprint density at radius 2 is 2.12 bits per heavy atom. The first-order chi connectivity index (χ1) is 11.5. The number of hydrogen-bond acceptors (Lipinski definition) is 7. The Hall–Kier alpha value is -3.16. The van der Waals surface area contributed by atoms with Crippen molar-refractivity contribution >= 4 is 29.2 Å². The van der Waals surface area contributed by atoms with Crippen LogP contribution in [0.15, 0.2) is 45.8 Å². The summed E-state index contributed by atoms with van der Waals surface area (Å²) in [6.45, 7) is 0.250. The smallest absolute Gasteiger partial charge is 0.356 e. The second-order valence-corrected chi connectivity index (χ2v) is 4.98. The summed E-state index contributed by atoms with van der Waals surface area (Å²) in [5, 5.41) is 1.86. The van der Waals surface area contributed by atoms with Crippen molar-refractivity contribution in [2.24, 2.45) is 4.99 Å². The average molecular weight is 332 g/mol. The van der Waals surface area contributed by atoms with Gasteiger partial charge in [0.1, 0.15) is 29.5 Å². The highest BCUT2D eigenvalue weighted by Gasteiger charge is 2.24. The fraction of sp³-hybridized carbons (Fsp3) is 0.188. The molecule has 1 aliphatic rings. The first-order valence-corrected chi connectivity index (χ1v) is 7.02. The van der Waals surface area contributed by atoms with E-state index in [-0.39, 0.29) is 18.4 Å². The van der Waals surface area contributed by atoms with Gasteiger partial charge < -0.3 is 14.0 Å². The van der Waals surface area contributed by atoms with Crippen LogP contribution in [0.2, 0.25) is 0 Å². The minimum Gasteiger partial charge on any atom is -0.466 e. The maximum absolute atomic E-state index is 13.2. The number of halogens is 1. The van der Waals surface area contributed by atoms with E-state index in [1.807, 2.05) is 0 Å². The van der Waals surface area contributed by atoms with Crippen LogP contribution in [0.4, 0.5) is 4.39 Å². The molecule has 0 spiro atoms. The van der Waals surface area contributed by atoms with Gasteiger partial charge in [-0.3, -0.25) is 4.99 Å². The highest BCUT2D eigenvalue weighted by Crippen LogP contribution is 2.29. The molecule has 0 saturated heterocycles. The number of benzene rings is 1. The zero-order valence-corrected chi connectivity index (χ0v) is 12.6. The highest BCUT2D eigenvalue weighted by molar-refractivity contribution is 5.91. The number of hydrogen-bond donors (Lipinski definition) is 0. The molecule has 3 rings (SSSR count). The highest BCUT2D eigenvalue weighted by atomic mass is 19.1. The van der Waals surface area contributed by atoms with Gasteiger partial charge >= 0.3 is 11.9 Å². The number of carbonyl (C=O) groups excluding carboxylic acids is 2. The molecule has 1 aromatic heterocycles. The molecule has 1 atom stereocenters. The summed E-state index contributed by atoms with van der Waals surface area (Å²) in [5.74, 6) is -1.21. The topological polar surface area (TPSA) is 81.3 Å². The van der Waals surface area contributed by atoms with E-state index < -0.39 is 11.9 Å². The molecule has 2 heterocycles. The molecule has 0 aliphatic carbocycles. The van der Waals surface area contributed by atoms with Crippen LogP contribution in [-0.4, -0.2) is 37.0 Å². The molecular formula is C16H13FN2O5. The van der Waals surface area contributed by atoms with Crippen molar-refractivity contribution in [3.63, 3.8) is 0 Å². The Bertz CT molecular complexity index is 842. The summed E-state index contributed by atoms with van der Waals surface area (Å²) < 4.78 is 23.2. The molecule has 1 unspecified atom stereocenters. The first-order valence-electron chi connectivity index (χ1n) is 7.02. The normalized spacial score (nSPS) is 16.9. The van der Waals surface area contributed by atoms with Crippen LogP contribution in [0.3, 0.4) is 0 Å². The molecule has 124 valence electrons. The van der Waals surface area contributed by atoms with Crippen molar-refractivity contribution in [2.45, 2.75) is 6.04 Å². The molecule has 0 N–H and O–H groups in total. The molecule has 0 fully saturated rings. The summed E-state index contributed by atoms with van der Waals surface area (Å²) in [4.78, 5) is 31.6. The van der Waals surface area contributed by atoms with Gasteiger partial charge in [-0.05, 0) is 24.3 Å². The first kappa shape index (κ1) is 15.7. The van der Waals surface area contributed by atoms with E-state index in [1.165, 1.54) is 30.6 Å². The summed E-state index contributed by atoms with van der Waals surface area (Å²) >= 11 is 0. The van der Waals surface area contributed by atoms with Crippen molar-refractivity contribution in [3.8, 4) is 0 Å². The van der Waals surface area contributed by atoms with Crippen molar-refractivity contribution in [2.75, 3.05) is 13.7 Å². The Labute approximate surface area is 135 Å². The summed E-state index contributed by atoms with van der Waals surface area (Å²) in [5.41, 5.74) is 0.554. The van der Waals surface area contributed by atoms with Gasteiger partial charge in [-0.15, -0.1) is 0 Å². The molecule has 1 aliphatic heterocycles. The fourth-order valence-electron chi connectivity index (χ4n) is 2.19. The monoisotopic (exact) mass is 332 g/mol. The van der Waals surface area contributed by atoms with Crippen LogP contribution >= 0.6 is 0 Å². The molecule has 7 nitrogen and oxygen atoms in total. The Morgan fingerprint density at radius 1 is 1.33 bits per heavy atom. The largest absolute Gasteiger partial charge is 0.466 e. The summed E-state index contributed by atoms with van der Waals surface area (Å²) in [6, 6.07) is 5.55. The lowest BCUT2D eigenvalue weighted by Crippen LogP contribution is -2.24. The number of fused-ring (bicyclic) bond motifs is 1. The van der Waals surface area contributed by atoms with Crippen LogP contribution < -0.4 is 0 Å². The molecule has 1 aromatic carbocycles. The fourth-order valence-corrected chi connectivity index (χ4v) is 2.19. The molecular weight excluding hydrogens is 319 g/mol. The predicted molar refractivity (Wildman–Crippen MR) is 81.4 cm³/mol. The molecule has 8 heteroatoms. The Balaban J connectivity index is 1.62. The van der Waals surface area contributed by atoms with E-state index >= 15 is 0 Å². The van der Waals surface area contributed by atoms with Crippen molar-refractivity contribution < 1.29 is 28.0 Å². The third-order valence-corrected chi connectivity index (χ3v) is 3.32. The average Bonchev–Trinajstić information content (AvgIpc) is 3.18. The second-order valence-electron chi connectivity index (χ2n) is 4.98. The van der Waals surface area contributed by atoms with E-state index in [1.54, 1.807) is 12.1 Å². The number of hydroxylamine groups is 2. The Kier molecular flexibility index (Phi) is 4.28. The lowest BCUT2D eigenvalue weighted by atomic mass is 10.2. The number of nitrogens with zero attached hydrogens (tertiary/aromatic N) is 2. The SMILES string of the molecule is COC(=O)/C=C/C(=O)ON1C=NC(c2cc3cc(F)ccc3o2)C1. The van der Waals surface area contributed by atoms with E-state index in [9.17, 15) is 14.0 Å². The zero-order valence-electron chi connectivity index (χ0n) is 12.6. The van der Waals surface area contributed by atoms with Gasteiger partial charge in [0.2, 0.25) is 0 Å². The van der Waals surface area contributed by atoms with Crippen molar-refractivity contribution in [1.82, 2.24) is 5.06 Å². The summed E-state index contributed by atoms with van der Waals surface area (Å²) in [7, 11) is 1.20. The van der Waals surface area contributed by atoms with E-state index in [0.29, 0.717) is 16.7 Å². The number of esters is 1. The van der Waals surface area contributed by atoms with Gasteiger partial charge in [0.25, 0.3) is 0 Å². The van der Waals surface area contributed by atoms with Gasteiger partial charge in [-0.1, -0.05) is 0 Å². The van der Waals surface area contributed by atoms with E-state index in [0.717, 1.165) is 12.2 Å². The predicted octanol–water partition coefficient (Wildman–Crippen LogP) is 2.14. The second kappa shape index (κ2) is 6.53. The van der Waals surface area contributed by atoms with Gasteiger partial charge in [0.05, 0.1) is 13.7 Å². The van der Waals surface area contributed by atoms with Crippen LogP contribution in [-0.2, 0) is 19.2 Å². The number of methoxy groups -OCH3 is 1. The zero-order chi connectivity index (χ0) is 17.1. The van der Waals surface area contributed by atoms with Gasteiger partial charge in [0.15, 0.2) is 0 Å². The van der Waals surface area contributed by atoms with Crippen LogP contribution in [0.1, 0.15) is 11.8 Å². The molecule has 24 heavy (non-hydrogen) atoms. The molecule has 0 bridgehead atoms. The molecule has 2 aromatic rings. The van der Waals surface area contributed by atoms with E-state index in [2.05, 4.69) is 9.73 Å². The molecule has 0 amide bonds. The molecule has 0 saturated carbocycles. The number of carbonyl (C=O) groups is 2. The molecule has 0 radical (unpaired) electrons. The van der Waals surface area contributed by atoms with Gasteiger partial charge in [-0.2, -0.15) is 5.06 Å². The number of aliphatic imine (C=N–C) groups is 1. The standard InChI is InChI=1S/C16H13FN2O5/c1-22-15(20)4-5-16(21)24-19-8-12(18-9-19)14-7-10-6-11(17)2-3-13(10)23-14/h2-7,9,12H,8H2,1H3/b5-4+. The van der Waals surface area contributed by atoms with Crippen LogP contribution in [0, 0.1) is 5.82 Å². The third kappa shape index (κ3) is 3.43.